The number of ether oxygens (including phenoxy) is 1. The van der Waals surface area contributed by atoms with Crippen molar-refractivity contribution in [2.24, 2.45) is 10.4 Å². The minimum atomic E-state index is -0.0725. The molecule has 2 rings (SSSR count). The van der Waals surface area contributed by atoms with E-state index in [1.54, 1.807) is 26.3 Å². The third kappa shape index (κ3) is 7.14. The Kier molecular flexibility index (Phi) is 9.07. The number of hydrogen-bond donors (Lipinski definition) is 3. The van der Waals surface area contributed by atoms with E-state index in [1.165, 1.54) is 25.7 Å². The SMILES string of the molecule is CN=C(NCCNC(=O)c1ccc(Br)cc1)NCC1(CCOC)CCCC1. The molecule has 0 bridgehead atoms. The summed E-state index contributed by atoms with van der Waals surface area (Å²) in [6, 6.07) is 7.32. The summed E-state index contributed by atoms with van der Waals surface area (Å²) in [5.74, 6) is 0.702. The fraction of sp³-hybridized carbons (Fsp3) is 0.600. The summed E-state index contributed by atoms with van der Waals surface area (Å²) in [6.45, 7) is 2.86. The fourth-order valence-corrected chi connectivity index (χ4v) is 3.78. The van der Waals surface area contributed by atoms with Gasteiger partial charge in [0.05, 0.1) is 0 Å². The van der Waals surface area contributed by atoms with Crippen LogP contribution in [0.1, 0.15) is 42.5 Å². The molecule has 0 aromatic heterocycles. The predicted molar refractivity (Wildman–Crippen MR) is 113 cm³/mol. The Labute approximate surface area is 170 Å². The molecule has 1 aromatic carbocycles. The molecule has 0 saturated heterocycles. The van der Waals surface area contributed by atoms with Gasteiger partial charge < -0.3 is 20.7 Å². The lowest BCUT2D eigenvalue weighted by atomic mass is 9.83. The van der Waals surface area contributed by atoms with E-state index in [0.717, 1.165) is 30.0 Å². The first-order valence-electron chi connectivity index (χ1n) is 9.56. The van der Waals surface area contributed by atoms with E-state index < -0.39 is 0 Å². The van der Waals surface area contributed by atoms with Gasteiger partial charge in [-0.15, -0.1) is 0 Å². The Morgan fingerprint density at radius 1 is 1.15 bits per heavy atom. The monoisotopic (exact) mass is 438 g/mol. The highest BCUT2D eigenvalue weighted by Gasteiger charge is 2.33. The lowest BCUT2D eigenvalue weighted by Crippen LogP contribution is -2.45. The van der Waals surface area contributed by atoms with Gasteiger partial charge in [0.2, 0.25) is 0 Å². The fourth-order valence-electron chi connectivity index (χ4n) is 3.51. The highest BCUT2D eigenvalue weighted by atomic mass is 79.9. The minimum Gasteiger partial charge on any atom is -0.385 e. The van der Waals surface area contributed by atoms with Crippen LogP contribution in [-0.4, -0.2) is 52.3 Å². The Morgan fingerprint density at radius 3 is 2.44 bits per heavy atom. The van der Waals surface area contributed by atoms with Crippen LogP contribution in [0.5, 0.6) is 0 Å². The quantitative estimate of drug-likeness (QED) is 0.314. The first kappa shape index (κ1) is 21.7. The van der Waals surface area contributed by atoms with Crippen LogP contribution in [-0.2, 0) is 4.74 Å². The summed E-state index contributed by atoms with van der Waals surface area (Å²) in [5.41, 5.74) is 0.964. The van der Waals surface area contributed by atoms with Crippen molar-refractivity contribution in [3.8, 4) is 0 Å². The Bertz CT molecular complexity index is 613. The number of aliphatic imine (C=N–C) groups is 1. The molecular formula is C20H31BrN4O2. The zero-order valence-electron chi connectivity index (χ0n) is 16.3. The van der Waals surface area contributed by atoms with E-state index >= 15 is 0 Å². The molecule has 0 radical (unpaired) electrons. The number of nitrogens with one attached hydrogen (secondary N) is 3. The van der Waals surface area contributed by atoms with Gasteiger partial charge in [-0.05, 0) is 48.9 Å². The normalized spacial score (nSPS) is 16.2. The van der Waals surface area contributed by atoms with Crippen molar-refractivity contribution in [2.45, 2.75) is 32.1 Å². The molecule has 1 aliphatic carbocycles. The molecule has 150 valence electrons. The first-order chi connectivity index (χ1) is 13.1. The molecule has 7 heteroatoms. The maximum atomic E-state index is 12.1. The van der Waals surface area contributed by atoms with Crippen molar-refractivity contribution in [2.75, 3.05) is 40.4 Å². The average Bonchev–Trinajstić information content (AvgIpc) is 3.15. The maximum Gasteiger partial charge on any atom is 0.251 e. The smallest absolute Gasteiger partial charge is 0.251 e. The molecular weight excluding hydrogens is 408 g/mol. The Morgan fingerprint density at radius 2 is 1.81 bits per heavy atom. The predicted octanol–water partition coefficient (Wildman–Crippen LogP) is 2.94. The summed E-state index contributed by atoms with van der Waals surface area (Å²) >= 11 is 3.37. The third-order valence-electron chi connectivity index (χ3n) is 5.16. The zero-order chi connectivity index (χ0) is 19.5. The summed E-state index contributed by atoms with van der Waals surface area (Å²) < 4.78 is 6.25. The van der Waals surface area contributed by atoms with Gasteiger partial charge >= 0.3 is 0 Å². The van der Waals surface area contributed by atoms with Gasteiger partial charge in [-0.25, -0.2) is 0 Å². The molecule has 1 saturated carbocycles. The van der Waals surface area contributed by atoms with Gasteiger partial charge in [-0.1, -0.05) is 28.8 Å². The average molecular weight is 439 g/mol. The third-order valence-corrected chi connectivity index (χ3v) is 5.69. The van der Waals surface area contributed by atoms with Crippen LogP contribution in [0, 0.1) is 5.41 Å². The maximum absolute atomic E-state index is 12.1. The second-order valence-corrected chi connectivity index (χ2v) is 7.98. The van der Waals surface area contributed by atoms with Crippen molar-refractivity contribution in [3.63, 3.8) is 0 Å². The highest BCUT2D eigenvalue weighted by Crippen LogP contribution is 2.40. The lowest BCUT2D eigenvalue weighted by molar-refractivity contribution is 0.0954. The summed E-state index contributed by atoms with van der Waals surface area (Å²) in [6.07, 6.45) is 6.14. The number of carbonyl (C=O) groups excluding carboxylic acids is 1. The minimum absolute atomic E-state index is 0.0725. The molecule has 0 unspecified atom stereocenters. The number of rotatable bonds is 9. The second-order valence-electron chi connectivity index (χ2n) is 7.07. The van der Waals surface area contributed by atoms with E-state index in [2.05, 4.69) is 36.9 Å². The molecule has 3 N–H and O–H groups in total. The number of amides is 1. The van der Waals surface area contributed by atoms with E-state index in [9.17, 15) is 4.79 Å². The topological polar surface area (TPSA) is 74.8 Å². The standard InChI is InChI=1S/C20H31BrN4O2/c1-22-19(25-15-20(11-14-27-2)9-3-4-10-20)24-13-12-23-18(26)16-5-7-17(21)8-6-16/h5-8H,3-4,9-15H2,1-2H3,(H,23,26)(H2,22,24,25). The van der Waals surface area contributed by atoms with Crippen LogP contribution in [0.3, 0.4) is 0 Å². The first-order valence-corrected chi connectivity index (χ1v) is 10.4. The number of halogens is 1. The van der Waals surface area contributed by atoms with Gasteiger partial charge in [0.25, 0.3) is 5.91 Å². The van der Waals surface area contributed by atoms with Gasteiger partial charge in [0, 0.05) is 50.4 Å². The molecule has 0 heterocycles. The Hall–Kier alpha value is -1.60. The molecule has 0 atom stereocenters. The number of carbonyl (C=O) groups is 1. The van der Waals surface area contributed by atoms with Gasteiger partial charge in [0.15, 0.2) is 5.96 Å². The summed E-state index contributed by atoms with van der Waals surface area (Å²) in [5, 5.41) is 9.64. The molecule has 1 aliphatic rings. The summed E-state index contributed by atoms with van der Waals surface area (Å²) in [4.78, 5) is 16.4. The van der Waals surface area contributed by atoms with Crippen molar-refractivity contribution < 1.29 is 9.53 Å². The van der Waals surface area contributed by atoms with E-state index in [-0.39, 0.29) is 5.91 Å². The van der Waals surface area contributed by atoms with Crippen molar-refractivity contribution in [1.29, 1.82) is 0 Å². The number of nitrogens with zero attached hydrogens (tertiary/aromatic N) is 1. The van der Waals surface area contributed by atoms with Crippen LogP contribution >= 0.6 is 15.9 Å². The number of methoxy groups -OCH3 is 1. The molecule has 27 heavy (non-hydrogen) atoms. The molecule has 0 spiro atoms. The lowest BCUT2D eigenvalue weighted by Gasteiger charge is -2.30. The van der Waals surface area contributed by atoms with E-state index in [1.807, 2.05) is 12.1 Å². The molecule has 6 nitrogen and oxygen atoms in total. The second kappa shape index (κ2) is 11.3. The van der Waals surface area contributed by atoms with E-state index in [4.69, 9.17) is 4.74 Å². The number of benzene rings is 1. The van der Waals surface area contributed by atoms with Crippen LogP contribution in [0.2, 0.25) is 0 Å². The van der Waals surface area contributed by atoms with Gasteiger partial charge in [0.1, 0.15) is 0 Å². The van der Waals surface area contributed by atoms with Gasteiger partial charge in [-0.2, -0.15) is 0 Å². The van der Waals surface area contributed by atoms with Crippen molar-refractivity contribution in [3.05, 3.63) is 34.3 Å². The molecule has 1 aromatic rings. The molecule has 0 aliphatic heterocycles. The van der Waals surface area contributed by atoms with E-state index in [0.29, 0.717) is 24.1 Å². The van der Waals surface area contributed by atoms with Crippen molar-refractivity contribution in [1.82, 2.24) is 16.0 Å². The number of guanidine groups is 1. The summed E-state index contributed by atoms with van der Waals surface area (Å²) in [7, 11) is 3.53. The van der Waals surface area contributed by atoms with Crippen LogP contribution < -0.4 is 16.0 Å². The van der Waals surface area contributed by atoms with Gasteiger partial charge in [-0.3, -0.25) is 9.79 Å². The van der Waals surface area contributed by atoms with Crippen LogP contribution in [0.25, 0.3) is 0 Å². The van der Waals surface area contributed by atoms with Crippen LogP contribution in [0.15, 0.2) is 33.7 Å². The Balaban J connectivity index is 1.70. The van der Waals surface area contributed by atoms with Crippen LogP contribution in [0.4, 0.5) is 0 Å². The van der Waals surface area contributed by atoms with Crippen molar-refractivity contribution >= 4 is 27.8 Å². The molecule has 1 amide bonds. The largest absolute Gasteiger partial charge is 0.385 e. The highest BCUT2D eigenvalue weighted by molar-refractivity contribution is 9.10. The zero-order valence-corrected chi connectivity index (χ0v) is 17.9. The molecule has 1 fully saturated rings. The number of hydrogen-bond acceptors (Lipinski definition) is 3.